The molecule has 6 saturated carbocycles. The fourth-order valence-corrected chi connectivity index (χ4v) is 26.9. The Kier molecular flexibility index (Phi) is 46.3. The van der Waals surface area contributed by atoms with Crippen molar-refractivity contribution in [1.29, 1.82) is 0 Å². The minimum absolute atomic E-state index is 0.354. The van der Waals surface area contributed by atoms with E-state index in [0.717, 1.165) is 226 Å². The average molecular weight is 2100 g/mol. The normalized spacial score (nSPS) is 26.0. The van der Waals surface area contributed by atoms with Gasteiger partial charge in [-0.3, -0.25) is 29.4 Å². The van der Waals surface area contributed by atoms with Crippen molar-refractivity contribution in [2.45, 2.75) is 278 Å². The molecule has 0 radical (unpaired) electrons. The van der Waals surface area contributed by atoms with Crippen LogP contribution in [0, 0.1) is 0 Å². The summed E-state index contributed by atoms with van der Waals surface area (Å²) in [6, 6.07) is 59.5. The number of rotatable bonds is 32. The van der Waals surface area contributed by atoms with Crippen molar-refractivity contribution in [3.05, 3.63) is 211 Å². The first-order valence-corrected chi connectivity index (χ1v) is 58.2. The van der Waals surface area contributed by atoms with Crippen LogP contribution in [0.15, 0.2) is 177 Å². The smallest absolute Gasteiger partial charge is 0.160 e. The number of nitrogens with zero attached hydrogens (tertiary/aromatic N) is 6. The van der Waals surface area contributed by atoms with E-state index in [0.29, 0.717) is 72.9 Å². The highest BCUT2D eigenvalue weighted by Gasteiger charge is 2.39. The fourth-order valence-electron chi connectivity index (χ4n) is 24.1. The molecule has 8 heterocycles. The summed E-state index contributed by atoms with van der Waals surface area (Å²) in [4.78, 5) is 15.7. The Morgan fingerprint density at radius 3 is 1.04 bits per heavy atom. The number of thiophene rings is 2. The highest BCUT2D eigenvalue weighted by Crippen LogP contribution is 2.37. The fraction of sp³-hybridized carbons (Fsp3) is 0.627. The second kappa shape index (κ2) is 60.3. The maximum Gasteiger partial charge on any atom is 0.160 e. The summed E-state index contributed by atoms with van der Waals surface area (Å²) < 4.78 is 81.4. The number of fused-ring (bicyclic) bond motifs is 3. The second-order valence-electron chi connectivity index (χ2n) is 40.6. The highest BCUT2D eigenvalue weighted by molar-refractivity contribution is 9.10. The largest absolute Gasteiger partial charge is 0.493 e. The zero-order valence-electron chi connectivity index (χ0n) is 85.1. The van der Waals surface area contributed by atoms with Gasteiger partial charge in [-0.05, 0) is 256 Å². The minimum Gasteiger partial charge on any atom is -0.493 e. The van der Waals surface area contributed by atoms with Gasteiger partial charge in [0, 0.05) is 120 Å². The topological polar surface area (TPSA) is 139 Å². The molecule has 19 nitrogen and oxygen atoms in total. The number of methoxy groups -OCH3 is 2. The zero-order valence-corrected chi connectivity index (χ0v) is 89.9. The van der Waals surface area contributed by atoms with Crippen molar-refractivity contribution >= 4 is 85.5 Å². The Labute approximate surface area is 869 Å². The Hall–Kier alpha value is -5.40. The van der Waals surface area contributed by atoms with Crippen molar-refractivity contribution in [3.63, 3.8) is 0 Å². The lowest BCUT2D eigenvalue weighted by molar-refractivity contribution is -0.0648. The van der Waals surface area contributed by atoms with Crippen molar-refractivity contribution in [1.82, 2.24) is 29.4 Å². The Morgan fingerprint density at radius 2 is 0.603 bits per heavy atom. The lowest BCUT2D eigenvalue weighted by atomic mass is 9.91. The molecule has 0 spiro atoms. The maximum absolute atomic E-state index is 6.42. The number of hydrogen-bond acceptors (Lipinski definition) is 21. The summed E-state index contributed by atoms with van der Waals surface area (Å²) in [6.45, 7) is 26.8. The van der Waals surface area contributed by atoms with Crippen LogP contribution in [0.4, 0.5) is 0 Å². The van der Waals surface area contributed by atoms with E-state index in [-0.39, 0.29) is 0 Å². The van der Waals surface area contributed by atoms with Gasteiger partial charge in [-0.25, -0.2) is 0 Å². The molecular weight excluding hydrogens is 1930 g/mol. The molecule has 12 aliphatic rings. The monoisotopic (exact) mass is 2100 g/mol. The van der Waals surface area contributed by atoms with Crippen LogP contribution < -0.4 is 9.47 Å². The molecule has 7 aromatic carbocycles. The van der Waals surface area contributed by atoms with Gasteiger partial charge in [0.2, 0.25) is 0 Å². The Bertz CT molecular complexity index is 4990. The van der Waals surface area contributed by atoms with Crippen molar-refractivity contribution in [2.75, 3.05) is 198 Å². The molecule has 12 fully saturated rings. The molecular formula is C118H166Br2N6O13S2. The number of halogens is 2. The molecule has 6 aliphatic heterocycles. The van der Waals surface area contributed by atoms with Gasteiger partial charge in [-0.1, -0.05) is 218 Å². The number of morpholine rings is 5. The standard InChI is InChI=1S/C22H29NO.C20H31NO4.2C20H27NO2S.2C18H26BrNO2/c1-2-11-20-18(8-1)9-7-10-19(20)14-17-24-22-13-4-3-12-21(22)23-15-5-6-16-23;1-22-19-8-7-16(15-20(19)23-2)9-12-25-18-6-4-3-5-17(18)21-10-13-24-14-11-21;1-4-8-20-17(5-1)16(15-24-20)9-12-23-19-7-3-2-6-18(19)21-10-13-22-14-11-21;1-2-6-19(18(5-1)21-10-13-22-14-11-21)23-12-8-16-4-3-7-20-17(16)9-15-24-20;19-16-5-3-4-15(14-16)8-11-22-18-7-2-1-6-17(18)20-9-12-21-13-10-20;19-16-6-2-1-5-15(16)9-12-22-18-8-4-3-7-17(18)20-10-13-21-14-11-20/h1-2,7-11,21-22H,3-6,12-17H2;7-8,15,17-18H,3-6,9-14H2,1-2H3;1,4-5,8,15,18-19H,2-3,6-7,9-14H2;3-4,7,9,15,18-19H,1-2,5-6,8,10-14H2;3-5,14,17-18H,1-2,6-13H2;1-2,5-6,17-18H,3-4,7-14H2. The predicted octanol–water partition coefficient (Wildman–Crippen LogP) is 23.2. The van der Waals surface area contributed by atoms with Gasteiger partial charge < -0.3 is 61.6 Å². The Morgan fingerprint density at radius 1 is 0.277 bits per heavy atom. The third kappa shape index (κ3) is 33.3. The van der Waals surface area contributed by atoms with E-state index in [9.17, 15) is 0 Å². The summed E-state index contributed by atoms with van der Waals surface area (Å²) in [6.07, 6.45) is 42.0. The molecule has 23 heteroatoms. The molecule has 0 N–H and O–H groups in total. The molecule has 0 amide bonds. The zero-order chi connectivity index (χ0) is 96.5. The third-order valence-corrected chi connectivity index (χ3v) is 34.9. The number of ether oxygens (including phenoxy) is 13. The molecule has 6 saturated heterocycles. The molecule has 772 valence electrons. The van der Waals surface area contributed by atoms with Gasteiger partial charge in [0.15, 0.2) is 11.5 Å². The van der Waals surface area contributed by atoms with Crippen molar-refractivity contribution in [2.24, 2.45) is 0 Å². The summed E-state index contributed by atoms with van der Waals surface area (Å²) >= 11 is 10.8. The summed E-state index contributed by atoms with van der Waals surface area (Å²) in [5.41, 5.74) is 8.18. The van der Waals surface area contributed by atoms with E-state index >= 15 is 0 Å². The quantitative estimate of drug-likeness (QED) is 0.0394. The number of benzene rings is 7. The SMILES string of the molecule is Brc1cccc(CCOC2CCCCC2N2CCOCC2)c1.Brc1ccccc1CCOC1CCCCC1N1CCOCC1.COc1ccc(CCOC2CCCCC2N2CCOCC2)cc1OC.c1cc(CCOC2CCCCC2N2CCOCC2)c2ccsc2c1.c1ccc2c(CCOC3CCCCC3N3CCCC3)cccc2c1.c1ccc2c(CCOC3CCCCC3N3CCOCC3)csc2c1. The third-order valence-electron chi connectivity index (χ3n) is 31.8. The molecule has 12 unspecified atom stereocenters. The molecule has 6 aliphatic carbocycles. The van der Waals surface area contributed by atoms with Crippen LogP contribution in [0.1, 0.15) is 200 Å². The van der Waals surface area contributed by atoms with Gasteiger partial charge in [0.1, 0.15) is 0 Å². The van der Waals surface area contributed by atoms with E-state index < -0.39 is 0 Å². The van der Waals surface area contributed by atoms with Crippen LogP contribution in [0.25, 0.3) is 30.9 Å². The van der Waals surface area contributed by atoms with E-state index in [1.165, 1.54) is 249 Å². The first-order chi connectivity index (χ1) is 69.7. The first kappa shape index (κ1) is 108. The minimum atomic E-state index is 0.354. The van der Waals surface area contributed by atoms with Crippen LogP contribution in [0.2, 0.25) is 0 Å². The Balaban J connectivity index is 0.000000122. The van der Waals surface area contributed by atoms with Crippen molar-refractivity contribution < 1.29 is 61.6 Å². The lowest BCUT2D eigenvalue weighted by Gasteiger charge is -2.41. The van der Waals surface area contributed by atoms with Crippen LogP contribution in [0.5, 0.6) is 11.5 Å². The van der Waals surface area contributed by atoms with Crippen LogP contribution in [0.3, 0.4) is 0 Å². The van der Waals surface area contributed by atoms with E-state index in [1.54, 1.807) is 14.2 Å². The molecule has 9 aromatic rings. The molecule has 0 bridgehead atoms. The van der Waals surface area contributed by atoms with Crippen molar-refractivity contribution in [3.8, 4) is 11.5 Å². The summed E-state index contributed by atoms with van der Waals surface area (Å²) in [7, 11) is 3.34. The molecule has 12 atom stereocenters. The van der Waals surface area contributed by atoms with Gasteiger partial charge in [0.25, 0.3) is 0 Å². The van der Waals surface area contributed by atoms with Gasteiger partial charge in [-0.2, -0.15) is 0 Å². The molecule has 21 rings (SSSR count). The highest BCUT2D eigenvalue weighted by atomic mass is 79.9. The summed E-state index contributed by atoms with van der Waals surface area (Å²) in [5.74, 6) is 1.55. The van der Waals surface area contributed by atoms with Gasteiger partial charge in [0.05, 0.1) is 157 Å². The van der Waals surface area contributed by atoms with Crippen LogP contribution in [-0.4, -0.2) is 301 Å². The summed E-state index contributed by atoms with van der Waals surface area (Å²) in [5, 5.41) is 10.0. The molecule has 141 heavy (non-hydrogen) atoms. The molecule has 2 aromatic heterocycles. The number of likely N-dealkylation sites (tertiary alicyclic amines) is 1. The maximum atomic E-state index is 6.42. The van der Waals surface area contributed by atoms with Crippen LogP contribution in [-0.2, 0) is 90.6 Å². The number of hydrogen-bond donors (Lipinski definition) is 0. The van der Waals surface area contributed by atoms with E-state index in [4.69, 9.17) is 61.6 Å². The van der Waals surface area contributed by atoms with Crippen LogP contribution >= 0.6 is 54.5 Å². The lowest BCUT2D eigenvalue weighted by Crippen LogP contribution is -2.51. The van der Waals surface area contributed by atoms with E-state index in [1.807, 2.05) is 34.8 Å². The van der Waals surface area contributed by atoms with E-state index in [2.05, 4.69) is 218 Å². The first-order valence-electron chi connectivity index (χ1n) is 54.8. The van der Waals surface area contributed by atoms with Gasteiger partial charge >= 0.3 is 0 Å². The van der Waals surface area contributed by atoms with Gasteiger partial charge in [-0.15, -0.1) is 22.7 Å². The predicted molar refractivity (Wildman–Crippen MR) is 582 cm³/mol. The second-order valence-corrected chi connectivity index (χ2v) is 44.2. The average Bonchev–Trinajstić information content (AvgIpc) is 1.29.